The molecule has 0 atom stereocenters. The number of carbonyl (C=O) groups excluding carboxylic acids is 1. The molecule has 1 saturated heterocycles. The number of fused-ring (bicyclic) bond motifs is 1. The molecule has 2 heterocycles. The number of carbonyl (C=O) groups is 1. The van der Waals surface area contributed by atoms with E-state index in [9.17, 15) is 4.79 Å². The van der Waals surface area contributed by atoms with Crippen molar-refractivity contribution < 1.29 is 19.0 Å². The quantitative estimate of drug-likeness (QED) is 0.252. The highest BCUT2D eigenvalue weighted by Gasteiger charge is 2.23. The van der Waals surface area contributed by atoms with Crippen LogP contribution < -0.4 is 19.5 Å². The normalized spacial score (nSPS) is 13.4. The molecule has 0 spiro atoms. The van der Waals surface area contributed by atoms with Gasteiger partial charge in [0.15, 0.2) is 0 Å². The van der Waals surface area contributed by atoms with Crippen LogP contribution in [0.1, 0.15) is 23.2 Å². The van der Waals surface area contributed by atoms with Gasteiger partial charge in [0.2, 0.25) is 0 Å². The third-order valence-corrected chi connectivity index (χ3v) is 7.45. The third kappa shape index (κ3) is 5.73. The Morgan fingerprint density at radius 1 is 0.923 bits per heavy atom. The second kappa shape index (κ2) is 12.1. The molecule has 0 unspecified atom stereocenters. The number of anilines is 1. The fourth-order valence-corrected chi connectivity index (χ4v) is 5.40. The Hall–Kier alpha value is -3.59. The second-order valence-corrected chi connectivity index (χ2v) is 9.83. The fourth-order valence-electron chi connectivity index (χ4n) is 4.70. The summed E-state index contributed by atoms with van der Waals surface area (Å²) in [5.74, 6) is 1.23. The van der Waals surface area contributed by atoms with Crippen LogP contribution in [-0.2, 0) is 0 Å². The van der Waals surface area contributed by atoms with E-state index in [-0.39, 0.29) is 5.91 Å². The lowest BCUT2D eigenvalue weighted by atomic mass is 9.99. The number of rotatable bonds is 9. The first-order chi connectivity index (χ1) is 19.0. The lowest BCUT2D eigenvalue weighted by Crippen LogP contribution is -2.25. The van der Waals surface area contributed by atoms with Gasteiger partial charge in [-0.05, 0) is 56.3 Å². The highest BCUT2D eigenvalue weighted by molar-refractivity contribution is 6.41. The zero-order valence-electron chi connectivity index (χ0n) is 21.7. The van der Waals surface area contributed by atoms with Crippen LogP contribution in [-0.4, -0.2) is 61.2 Å². The second-order valence-electron chi connectivity index (χ2n) is 9.07. The molecule has 202 valence electrons. The summed E-state index contributed by atoms with van der Waals surface area (Å²) in [5.41, 5.74) is 2.94. The average Bonchev–Trinajstić information content (AvgIpc) is 3.48. The van der Waals surface area contributed by atoms with Crippen LogP contribution in [0.25, 0.3) is 22.2 Å². The van der Waals surface area contributed by atoms with Crippen LogP contribution in [0.4, 0.5) is 5.69 Å². The first-order valence-corrected chi connectivity index (χ1v) is 13.4. The Balaban J connectivity index is 1.39. The van der Waals surface area contributed by atoms with Crippen LogP contribution in [0.3, 0.4) is 0 Å². The molecule has 39 heavy (non-hydrogen) atoms. The van der Waals surface area contributed by atoms with E-state index in [4.69, 9.17) is 37.4 Å². The smallest absolute Gasteiger partial charge is 0.257 e. The van der Waals surface area contributed by atoms with E-state index < -0.39 is 0 Å². The first-order valence-electron chi connectivity index (χ1n) is 12.6. The minimum atomic E-state index is -0.324. The van der Waals surface area contributed by atoms with Crippen molar-refractivity contribution in [3.8, 4) is 28.4 Å². The zero-order valence-corrected chi connectivity index (χ0v) is 23.2. The number of halogens is 2. The largest absolute Gasteiger partial charge is 0.495 e. The van der Waals surface area contributed by atoms with Gasteiger partial charge in [-0.3, -0.25) is 19.7 Å². The van der Waals surface area contributed by atoms with Gasteiger partial charge in [0.1, 0.15) is 29.4 Å². The summed E-state index contributed by atoms with van der Waals surface area (Å²) in [6, 6.07) is 12.4. The molecular weight excluding hydrogens is 539 g/mol. The molecule has 0 radical (unpaired) electrons. The molecule has 3 aromatic carbocycles. The van der Waals surface area contributed by atoms with Gasteiger partial charge in [-0.15, -0.1) is 0 Å². The summed E-state index contributed by atoms with van der Waals surface area (Å²) in [6.45, 7) is 3.84. The van der Waals surface area contributed by atoms with Crippen LogP contribution >= 0.6 is 23.2 Å². The average molecular weight is 567 g/mol. The van der Waals surface area contributed by atoms with E-state index >= 15 is 0 Å². The molecule has 0 bridgehead atoms. The molecule has 1 amide bonds. The first kappa shape index (κ1) is 27.0. The number of benzene rings is 3. The van der Waals surface area contributed by atoms with E-state index in [2.05, 4.69) is 20.2 Å². The van der Waals surface area contributed by atoms with E-state index in [1.807, 2.05) is 24.3 Å². The topological polar surface area (TPSA) is 85.8 Å². The van der Waals surface area contributed by atoms with E-state index in [0.717, 1.165) is 25.4 Å². The maximum atomic E-state index is 13.3. The van der Waals surface area contributed by atoms with E-state index in [1.54, 1.807) is 24.4 Å². The van der Waals surface area contributed by atoms with Crippen molar-refractivity contribution in [3.05, 3.63) is 70.5 Å². The molecule has 5 rings (SSSR count). The summed E-state index contributed by atoms with van der Waals surface area (Å²) in [5, 5.41) is 3.54. The van der Waals surface area contributed by atoms with E-state index in [1.165, 1.54) is 33.3 Å². The number of amides is 1. The zero-order chi connectivity index (χ0) is 27.4. The highest BCUT2D eigenvalue weighted by atomic mass is 35.5. The molecule has 8 nitrogen and oxygen atoms in total. The van der Waals surface area contributed by atoms with Crippen molar-refractivity contribution in [2.45, 2.75) is 12.8 Å². The van der Waals surface area contributed by atoms with Crippen LogP contribution in [0, 0.1) is 0 Å². The minimum absolute atomic E-state index is 0.301. The van der Waals surface area contributed by atoms with Gasteiger partial charge in [0, 0.05) is 41.8 Å². The summed E-state index contributed by atoms with van der Waals surface area (Å²) in [6.07, 6.45) is 5.60. The van der Waals surface area contributed by atoms with E-state index in [0.29, 0.717) is 61.6 Å². The fraction of sp³-hybridized carbons (Fsp3) is 0.276. The predicted octanol–water partition coefficient (Wildman–Crippen LogP) is 6.35. The number of ether oxygens (including phenoxy) is 3. The summed E-state index contributed by atoms with van der Waals surface area (Å²) >= 11 is 13.3. The Labute approximate surface area is 236 Å². The van der Waals surface area contributed by atoms with Crippen molar-refractivity contribution in [1.29, 1.82) is 0 Å². The molecule has 0 saturated carbocycles. The maximum absolute atomic E-state index is 13.3. The number of aromatic nitrogens is 2. The number of nitrogens with one attached hydrogen (secondary N) is 1. The maximum Gasteiger partial charge on any atom is 0.257 e. The standard InChI is InChI=1S/C29H28Cl2N4O4/c1-37-22-17-23(38-2)26(31)24(25(22)30)20-9-10-21(28-27(20)32-11-12-33-28)29(36)34-18-5-7-19(8-6-18)39-16-15-35-13-3-4-14-35/h5-12,17H,3-4,13-16H2,1-2H3,(H,34,36). The molecule has 1 fully saturated rings. The van der Waals surface area contributed by atoms with Crippen molar-refractivity contribution in [2.24, 2.45) is 0 Å². The van der Waals surface area contributed by atoms with Gasteiger partial charge in [-0.2, -0.15) is 0 Å². The van der Waals surface area contributed by atoms with Crippen molar-refractivity contribution >= 4 is 45.8 Å². The molecule has 4 aromatic rings. The summed E-state index contributed by atoms with van der Waals surface area (Å²) in [4.78, 5) is 24.7. The third-order valence-electron chi connectivity index (χ3n) is 6.70. The molecule has 1 aromatic heterocycles. The Kier molecular flexibility index (Phi) is 8.35. The summed E-state index contributed by atoms with van der Waals surface area (Å²) in [7, 11) is 3.02. The number of nitrogens with zero attached hydrogens (tertiary/aromatic N) is 3. The molecule has 10 heteroatoms. The Bertz CT molecular complexity index is 1460. The lowest BCUT2D eigenvalue weighted by Gasteiger charge is -2.16. The minimum Gasteiger partial charge on any atom is -0.495 e. The number of methoxy groups -OCH3 is 2. The molecule has 1 N–H and O–H groups in total. The molecule has 1 aliphatic rings. The van der Waals surface area contributed by atoms with Crippen LogP contribution in [0.15, 0.2) is 54.9 Å². The monoisotopic (exact) mass is 566 g/mol. The SMILES string of the molecule is COc1cc(OC)c(Cl)c(-c2ccc(C(=O)Nc3ccc(OCCN4CCCC4)cc3)c3nccnc23)c1Cl. The van der Waals surface area contributed by atoms with Crippen molar-refractivity contribution in [1.82, 2.24) is 14.9 Å². The van der Waals surface area contributed by atoms with Crippen LogP contribution in [0.5, 0.6) is 17.2 Å². The molecule has 0 aliphatic carbocycles. The Morgan fingerprint density at radius 2 is 1.56 bits per heavy atom. The van der Waals surface area contributed by atoms with Gasteiger partial charge < -0.3 is 19.5 Å². The number of hydrogen-bond acceptors (Lipinski definition) is 7. The summed E-state index contributed by atoms with van der Waals surface area (Å²) < 4.78 is 16.7. The van der Waals surface area contributed by atoms with Gasteiger partial charge in [0.05, 0.1) is 35.3 Å². The predicted molar refractivity (Wildman–Crippen MR) is 154 cm³/mol. The van der Waals surface area contributed by atoms with Gasteiger partial charge in [-0.1, -0.05) is 29.3 Å². The number of likely N-dealkylation sites (tertiary alicyclic amines) is 1. The van der Waals surface area contributed by atoms with Crippen molar-refractivity contribution in [2.75, 3.05) is 45.8 Å². The molecular formula is C29H28Cl2N4O4. The highest BCUT2D eigenvalue weighted by Crippen LogP contribution is 2.47. The number of hydrogen-bond donors (Lipinski definition) is 1. The van der Waals surface area contributed by atoms with Gasteiger partial charge in [0.25, 0.3) is 5.91 Å². The van der Waals surface area contributed by atoms with Crippen LogP contribution in [0.2, 0.25) is 10.0 Å². The Morgan fingerprint density at radius 3 is 2.21 bits per heavy atom. The van der Waals surface area contributed by atoms with Gasteiger partial charge >= 0.3 is 0 Å². The lowest BCUT2D eigenvalue weighted by molar-refractivity contribution is 0.102. The molecule has 1 aliphatic heterocycles. The van der Waals surface area contributed by atoms with Gasteiger partial charge in [-0.25, -0.2) is 0 Å². The van der Waals surface area contributed by atoms with Crippen molar-refractivity contribution in [3.63, 3.8) is 0 Å².